The number of carbonyl (C=O) groups is 1. The van der Waals surface area contributed by atoms with Gasteiger partial charge in [-0.2, -0.15) is 5.26 Å². The molecular weight excluding hydrogens is 382 g/mol. The van der Waals surface area contributed by atoms with Gasteiger partial charge in [-0.25, -0.2) is 9.80 Å². The van der Waals surface area contributed by atoms with Gasteiger partial charge in [-0.1, -0.05) is 11.6 Å². The van der Waals surface area contributed by atoms with Crippen LogP contribution in [-0.4, -0.2) is 48.4 Å². The molecule has 1 aromatic rings. The van der Waals surface area contributed by atoms with Crippen LogP contribution in [0.1, 0.15) is 12.8 Å². The molecule has 3 aliphatic rings. The van der Waals surface area contributed by atoms with Gasteiger partial charge in [-0.15, -0.1) is 0 Å². The van der Waals surface area contributed by atoms with E-state index in [4.69, 9.17) is 16.6 Å². The van der Waals surface area contributed by atoms with Crippen LogP contribution in [0.2, 0.25) is 5.02 Å². The minimum atomic E-state index is -0.586. The number of methoxy groups -OCH3 is 1. The number of nitriles is 1. The number of carbonyl (C=O) groups excluding carboxylic acids is 1. The van der Waals surface area contributed by atoms with Crippen molar-refractivity contribution in [2.24, 2.45) is 9.98 Å². The first-order valence-electron chi connectivity index (χ1n) is 8.78. The summed E-state index contributed by atoms with van der Waals surface area (Å²) in [6.07, 6.45) is 3.41. The number of amidine groups is 1. The average Bonchev–Trinajstić information content (AvgIpc) is 3.37. The fraction of sp³-hybridized carbons (Fsp3) is 0.333. The molecule has 1 saturated carbocycles. The largest absolute Gasteiger partial charge is 0.453 e. The SMILES string of the molecule is COC(=O)Nc1cc(Cl)cc(NC2=CC(=NC3CC3)C3=NCC(C#N)N3N2)c1. The molecule has 2 heterocycles. The van der Waals surface area contributed by atoms with Crippen LogP contribution in [0.15, 0.2) is 40.1 Å². The molecule has 1 aromatic carbocycles. The predicted octanol–water partition coefficient (Wildman–Crippen LogP) is 2.50. The quantitative estimate of drug-likeness (QED) is 0.716. The second-order valence-electron chi connectivity index (χ2n) is 6.56. The van der Waals surface area contributed by atoms with E-state index in [0.717, 1.165) is 18.6 Å². The Bertz CT molecular complexity index is 946. The third-order valence-electron chi connectivity index (χ3n) is 4.33. The van der Waals surface area contributed by atoms with Crippen molar-refractivity contribution in [3.63, 3.8) is 0 Å². The lowest BCUT2D eigenvalue weighted by Gasteiger charge is -2.31. The molecule has 0 aromatic heterocycles. The summed E-state index contributed by atoms with van der Waals surface area (Å²) in [6, 6.07) is 7.21. The Hall–Kier alpha value is -3.25. The summed E-state index contributed by atoms with van der Waals surface area (Å²) < 4.78 is 4.61. The standard InChI is InChI=1S/C18H18ClN7O2/c1-28-18(27)24-13-5-10(19)4-12(6-13)23-16-7-15(22-11-2-3-11)17-21-9-14(8-20)26(17)25-16/h4-7,11,14,23,25H,2-3,9H2,1H3,(H,24,27). The molecular formula is C18H18ClN7O2. The number of rotatable bonds is 4. The van der Waals surface area contributed by atoms with Gasteiger partial charge < -0.3 is 10.1 Å². The van der Waals surface area contributed by atoms with Crippen LogP contribution in [0.3, 0.4) is 0 Å². The number of anilines is 2. The van der Waals surface area contributed by atoms with E-state index in [9.17, 15) is 10.1 Å². The fourth-order valence-electron chi connectivity index (χ4n) is 2.89. The van der Waals surface area contributed by atoms with Gasteiger partial charge in [-0.05, 0) is 31.0 Å². The Balaban J connectivity index is 1.59. The maximum absolute atomic E-state index is 11.5. The molecule has 2 aliphatic heterocycles. The molecule has 0 saturated heterocycles. The number of nitrogens with zero attached hydrogens (tertiary/aromatic N) is 4. The predicted molar refractivity (Wildman–Crippen MR) is 106 cm³/mol. The summed E-state index contributed by atoms with van der Waals surface area (Å²) in [5.74, 6) is 1.31. The van der Waals surface area contributed by atoms with Gasteiger partial charge >= 0.3 is 6.09 Å². The normalized spacial score (nSPS) is 21.8. The average molecular weight is 400 g/mol. The molecule has 4 rings (SSSR count). The monoisotopic (exact) mass is 399 g/mol. The summed E-state index contributed by atoms with van der Waals surface area (Å²) in [5.41, 5.74) is 5.06. The third-order valence-corrected chi connectivity index (χ3v) is 4.55. The Morgan fingerprint density at radius 2 is 2.21 bits per heavy atom. The molecule has 10 heteroatoms. The lowest BCUT2D eigenvalue weighted by Crippen LogP contribution is -2.52. The smallest absolute Gasteiger partial charge is 0.411 e. The molecule has 9 nitrogen and oxygen atoms in total. The number of hydrogen-bond donors (Lipinski definition) is 3. The first-order chi connectivity index (χ1) is 13.6. The van der Waals surface area contributed by atoms with Gasteiger partial charge in [-0.3, -0.25) is 20.7 Å². The lowest BCUT2D eigenvalue weighted by molar-refractivity contribution is 0.187. The summed E-state index contributed by atoms with van der Waals surface area (Å²) in [4.78, 5) is 20.6. The number of benzene rings is 1. The van der Waals surface area contributed by atoms with E-state index in [-0.39, 0.29) is 0 Å². The summed E-state index contributed by atoms with van der Waals surface area (Å²) in [5, 5.41) is 17.4. The van der Waals surface area contributed by atoms with Gasteiger partial charge in [0.25, 0.3) is 0 Å². The molecule has 1 fully saturated rings. The number of fused-ring (bicyclic) bond motifs is 1. The Labute approximate surface area is 166 Å². The van der Waals surface area contributed by atoms with Crippen LogP contribution < -0.4 is 16.1 Å². The number of hydrazine groups is 1. The van der Waals surface area contributed by atoms with Gasteiger partial charge in [0.05, 0.1) is 25.8 Å². The van der Waals surface area contributed by atoms with E-state index in [1.54, 1.807) is 23.2 Å². The maximum atomic E-state index is 11.5. The Morgan fingerprint density at radius 1 is 1.43 bits per heavy atom. The second-order valence-corrected chi connectivity index (χ2v) is 7.00. The van der Waals surface area contributed by atoms with Gasteiger partial charge in [0.15, 0.2) is 11.9 Å². The van der Waals surface area contributed by atoms with E-state index in [2.05, 4.69) is 31.9 Å². The molecule has 1 amide bonds. The number of halogens is 1. The summed E-state index contributed by atoms with van der Waals surface area (Å²) in [7, 11) is 1.29. The molecule has 144 valence electrons. The lowest BCUT2D eigenvalue weighted by atomic mass is 10.2. The number of nitrogens with one attached hydrogen (secondary N) is 3. The van der Waals surface area contributed by atoms with Crippen molar-refractivity contribution in [1.29, 1.82) is 5.26 Å². The topological polar surface area (TPSA) is 114 Å². The maximum Gasteiger partial charge on any atom is 0.411 e. The summed E-state index contributed by atoms with van der Waals surface area (Å²) >= 11 is 6.17. The molecule has 1 atom stereocenters. The molecule has 0 spiro atoms. The number of aliphatic imine (C=N–C) groups is 2. The minimum absolute atomic E-state index is 0.318. The molecule has 0 radical (unpaired) electrons. The molecule has 28 heavy (non-hydrogen) atoms. The molecule has 3 N–H and O–H groups in total. The fourth-order valence-corrected chi connectivity index (χ4v) is 3.13. The van der Waals surface area contributed by atoms with Crippen LogP contribution in [0, 0.1) is 11.3 Å². The first kappa shape index (κ1) is 18.1. The Kier molecular flexibility index (Phi) is 4.79. The van der Waals surface area contributed by atoms with Crippen molar-refractivity contribution >= 4 is 40.6 Å². The second kappa shape index (κ2) is 7.40. The van der Waals surface area contributed by atoms with E-state index in [1.807, 2.05) is 6.08 Å². The van der Waals surface area contributed by atoms with Crippen molar-refractivity contribution < 1.29 is 9.53 Å². The van der Waals surface area contributed by atoms with Gasteiger partial charge in [0, 0.05) is 22.5 Å². The van der Waals surface area contributed by atoms with Crippen LogP contribution in [0.5, 0.6) is 0 Å². The highest BCUT2D eigenvalue weighted by molar-refractivity contribution is 6.46. The van der Waals surface area contributed by atoms with Crippen LogP contribution in [0.25, 0.3) is 0 Å². The third kappa shape index (κ3) is 3.87. The molecule has 1 aliphatic carbocycles. The molecule has 1 unspecified atom stereocenters. The zero-order chi connectivity index (χ0) is 19.7. The highest BCUT2D eigenvalue weighted by Crippen LogP contribution is 2.27. The zero-order valence-electron chi connectivity index (χ0n) is 15.1. The first-order valence-corrected chi connectivity index (χ1v) is 9.16. The van der Waals surface area contributed by atoms with E-state index >= 15 is 0 Å². The number of ether oxygens (including phenoxy) is 1. The van der Waals surface area contributed by atoms with Crippen LogP contribution in [-0.2, 0) is 4.74 Å². The van der Waals surface area contributed by atoms with Crippen LogP contribution in [0.4, 0.5) is 16.2 Å². The van der Waals surface area contributed by atoms with E-state index < -0.39 is 12.1 Å². The number of amides is 1. The van der Waals surface area contributed by atoms with Gasteiger partial charge in [0.1, 0.15) is 11.5 Å². The van der Waals surface area contributed by atoms with Crippen molar-refractivity contribution in [3.05, 3.63) is 35.1 Å². The highest BCUT2D eigenvalue weighted by atomic mass is 35.5. The van der Waals surface area contributed by atoms with E-state index in [1.165, 1.54) is 7.11 Å². The molecule has 0 bridgehead atoms. The van der Waals surface area contributed by atoms with Crippen molar-refractivity contribution in [3.8, 4) is 6.07 Å². The number of hydrogen-bond acceptors (Lipinski definition) is 8. The summed E-state index contributed by atoms with van der Waals surface area (Å²) in [6.45, 7) is 0.397. The zero-order valence-corrected chi connectivity index (χ0v) is 15.8. The Morgan fingerprint density at radius 3 is 2.93 bits per heavy atom. The van der Waals surface area contributed by atoms with Crippen molar-refractivity contribution in [1.82, 2.24) is 10.4 Å². The van der Waals surface area contributed by atoms with E-state index in [0.29, 0.717) is 40.6 Å². The van der Waals surface area contributed by atoms with Gasteiger partial charge in [0.2, 0.25) is 0 Å². The van der Waals surface area contributed by atoms with Crippen molar-refractivity contribution in [2.75, 3.05) is 24.3 Å². The highest BCUT2D eigenvalue weighted by Gasteiger charge is 2.35. The van der Waals surface area contributed by atoms with Crippen molar-refractivity contribution in [2.45, 2.75) is 24.9 Å². The van der Waals surface area contributed by atoms with Crippen LogP contribution >= 0.6 is 11.6 Å². The minimum Gasteiger partial charge on any atom is -0.453 e.